The first kappa shape index (κ1) is 10.1. The van der Waals surface area contributed by atoms with Gasteiger partial charge >= 0.3 is 10.2 Å². The highest BCUT2D eigenvalue weighted by Crippen LogP contribution is 2.25. The smallest absolute Gasteiger partial charge is 0.326 e. The minimum Gasteiger partial charge on any atom is -0.326 e. The summed E-state index contributed by atoms with van der Waals surface area (Å²) in [6, 6.07) is 3.79. The monoisotopic (exact) mass is 229 g/mol. The molecule has 0 unspecified atom stereocenters. The van der Waals surface area contributed by atoms with Gasteiger partial charge in [0.2, 0.25) is 5.91 Å². The molecular weight excluding hydrogens is 221 g/mol. The molecule has 0 aliphatic carbocycles. The van der Waals surface area contributed by atoms with Gasteiger partial charge in [-0.1, -0.05) is 0 Å². The second-order valence-electron chi connectivity index (χ2n) is 3.30. The lowest BCUT2D eigenvalue weighted by Gasteiger charge is -2.16. The van der Waals surface area contributed by atoms with Crippen LogP contribution in [0, 0.1) is 0 Å². The minimum absolute atomic E-state index is 0.113. The lowest BCUT2D eigenvalue weighted by atomic mass is 10.0. The third-order valence-electron chi connectivity index (χ3n) is 2.25. The Balaban J connectivity index is 2.48. The largest absolute Gasteiger partial charge is 0.332 e. The first-order valence-corrected chi connectivity index (χ1v) is 5.72. The van der Waals surface area contributed by atoms with Crippen molar-refractivity contribution in [2.24, 2.45) is 0 Å². The number of benzene rings is 1. The van der Waals surface area contributed by atoms with Crippen LogP contribution in [0.15, 0.2) is 23.1 Å². The molecule has 0 saturated carbocycles. The first-order valence-electron chi connectivity index (χ1n) is 4.34. The molecule has 0 fully saturated rings. The van der Waals surface area contributed by atoms with E-state index in [1.54, 1.807) is 0 Å². The summed E-state index contributed by atoms with van der Waals surface area (Å²) >= 11 is 0. The van der Waals surface area contributed by atoms with Crippen LogP contribution in [0.25, 0.3) is 0 Å². The second kappa shape index (κ2) is 3.30. The Hall–Kier alpha value is -1.43. The summed E-state index contributed by atoms with van der Waals surface area (Å²) in [6.07, 6.45) is 0.729. The van der Waals surface area contributed by atoms with E-state index in [0.717, 1.165) is 6.07 Å². The number of hydrogen-bond donors (Lipinski definition) is 1. The van der Waals surface area contributed by atoms with E-state index in [9.17, 15) is 17.1 Å². The molecule has 1 aliphatic rings. The Morgan fingerprint density at radius 1 is 1.27 bits per heavy atom. The predicted molar refractivity (Wildman–Crippen MR) is 51.7 cm³/mol. The summed E-state index contributed by atoms with van der Waals surface area (Å²) < 4.78 is 33.9. The van der Waals surface area contributed by atoms with Crippen LogP contribution in [0.1, 0.15) is 12.0 Å². The summed E-state index contributed by atoms with van der Waals surface area (Å²) in [5.41, 5.74) is 1.20. The van der Waals surface area contributed by atoms with Crippen molar-refractivity contribution in [2.75, 3.05) is 5.32 Å². The third kappa shape index (κ3) is 1.99. The normalized spacial score (nSPS) is 15.7. The topological polar surface area (TPSA) is 63.2 Å². The molecule has 0 atom stereocenters. The Bertz CT molecular complexity index is 524. The summed E-state index contributed by atoms with van der Waals surface area (Å²) in [5.74, 6) is -0.113. The number of carbonyl (C=O) groups excluding carboxylic acids is 1. The molecule has 4 nitrogen and oxygen atoms in total. The number of carbonyl (C=O) groups is 1. The highest BCUT2D eigenvalue weighted by atomic mass is 32.3. The molecule has 2 rings (SSSR count). The van der Waals surface area contributed by atoms with Gasteiger partial charge in [-0.3, -0.25) is 4.79 Å². The lowest BCUT2D eigenvalue weighted by molar-refractivity contribution is -0.116. The molecule has 15 heavy (non-hydrogen) atoms. The van der Waals surface area contributed by atoms with Crippen molar-refractivity contribution in [3.05, 3.63) is 23.8 Å². The molecule has 80 valence electrons. The van der Waals surface area contributed by atoms with Crippen LogP contribution in [0.3, 0.4) is 0 Å². The minimum atomic E-state index is -4.66. The molecule has 0 bridgehead atoms. The highest BCUT2D eigenvalue weighted by molar-refractivity contribution is 7.86. The van der Waals surface area contributed by atoms with E-state index in [1.807, 2.05) is 0 Å². The van der Waals surface area contributed by atoms with Gasteiger partial charge in [0.1, 0.15) is 0 Å². The molecule has 1 aromatic rings. The quantitative estimate of drug-likeness (QED) is 0.737. The second-order valence-corrected chi connectivity index (χ2v) is 4.65. The van der Waals surface area contributed by atoms with Gasteiger partial charge in [0.15, 0.2) is 0 Å². The van der Waals surface area contributed by atoms with Gasteiger partial charge in [0.05, 0.1) is 4.90 Å². The average Bonchev–Trinajstić information content (AvgIpc) is 2.15. The molecule has 1 heterocycles. The summed E-state index contributed by atoms with van der Waals surface area (Å²) in [5, 5.41) is 2.58. The molecule has 0 radical (unpaired) electrons. The molecule has 0 spiro atoms. The van der Waals surface area contributed by atoms with E-state index in [-0.39, 0.29) is 10.8 Å². The zero-order chi connectivity index (χ0) is 11.1. The van der Waals surface area contributed by atoms with Crippen molar-refractivity contribution in [1.29, 1.82) is 0 Å². The summed E-state index contributed by atoms with van der Waals surface area (Å²) in [6.45, 7) is 0. The molecule has 0 aromatic heterocycles. The highest BCUT2D eigenvalue weighted by Gasteiger charge is 2.18. The molecule has 1 aliphatic heterocycles. The van der Waals surface area contributed by atoms with Crippen LogP contribution < -0.4 is 5.32 Å². The Labute approximate surface area is 86.3 Å². The third-order valence-corrected chi connectivity index (χ3v) is 3.07. The van der Waals surface area contributed by atoms with Crippen molar-refractivity contribution in [2.45, 2.75) is 17.7 Å². The Morgan fingerprint density at radius 2 is 2.00 bits per heavy atom. The number of rotatable bonds is 1. The van der Waals surface area contributed by atoms with Crippen LogP contribution in [-0.4, -0.2) is 14.3 Å². The maximum absolute atomic E-state index is 12.7. The van der Waals surface area contributed by atoms with Crippen LogP contribution in [0.4, 0.5) is 9.57 Å². The number of amides is 1. The van der Waals surface area contributed by atoms with E-state index in [1.165, 1.54) is 12.1 Å². The van der Waals surface area contributed by atoms with Gasteiger partial charge in [0.25, 0.3) is 0 Å². The van der Waals surface area contributed by atoms with Crippen LogP contribution in [-0.2, 0) is 21.4 Å². The number of fused-ring (bicyclic) bond motifs is 1. The maximum Gasteiger partial charge on any atom is 0.332 e. The van der Waals surface area contributed by atoms with E-state index < -0.39 is 10.2 Å². The fourth-order valence-electron chi connectivity index (χ4n) is 1.51. The zero-order valence-corrected chi connectivity index (χ0v) is 8.47. The molecule has 1 aromatic carbocycles. The van der Waals surface area contributed by atoms with Gasteiger partial charge < -0.3 is 5.32 Å². The predicted octanol–water partition coefficient (Wildman–Crippen LogP) is 1.23. The van der Waals surface area contributed by atoms with Crippen LogP contribution in [0.5, 0.6) is 0 Å². The lowest BCUT2D eigenvalue weighted by Crippen LogP contribution is -2.19. The summed E-state index contributed by atoms with van der Waals surface area (Å²) in [4.78, 5) is 10.6. The molecule has 0 saturated heterocycles. The standard InChI is InChI=1S/C9H8FNO3S/c10-15(13,14)7-2-3-8-6(5-7)1-4-9(12)11-8/h2-3,5H,1,4H2,(H,11,12). The van der Waals surface area contributed by atoms with E-state index in [2.05, 4.69) is 5.32 Å². The summed E-state index contributed by atoms with van der Waals surface area (Å²) in [7, 11) is -4.66. The number of aryl methyl sites for hydroxylation is 1. The van der Waals surface area contributed by atoms with Gasteiger partial charge in [0, 0.05) is 12.1 Å². The van der Waals surface area contributed by atoms with Crippen LogP contribution in [0.2, 0.25) is 0 Å². The Kier molecular flexibility index (Phi) is 2.22. The number of anilines is 1. The van der Waals surface area contributed by atoms with E-state index >= 15 is 0 Å². The molecule has 1 amide bonds. The fourth-order valence-corrected chi connectivity index (χ4v) is 2.03. The van der Waals surface area contributed by atoms with E-state index in [4.69, 9.17) is 0 Å². The van der Waals surface area contributed by atoms with Gasteiger partial charge in [-0.25, -0.2) is 0 Å². The van der Waals surface area contributed by atoms with Crippen molar-refractivity contribution in [3.63, 3.8) is 0 Å². The Morgan fingerprint density at radius 3 is 2.67 bits per heavy atom. The van der Waals surface area contributed by atoms with Gasteiger partial charge in [-0.15, -0.1) is 3.89 Å². The van der Waals surface area contributed by atoms with Crippen LogP contribution >= 0.6 is 0 Å². The molecule has 6 heteroatoms. The van der Waals surface area contributed by atoms with Crippen molar-refractivity contribution >= 4 is 21.8 Å². The van der Waals surface area contributed by atoms with Gasteiger partial charge in [-0.05, 0) is 30.2 Å². The number of hydrogen-bond acceptors (Lipinski definition) is 3. The molecule has 1 N–H and O–H groups in total. The number of halogens is 1. The SMILES string of the molecule is O=C1CCc2cc(S(=O)(=O)F)ccc2N1. The number of nitrogens with one attached hydrogen (secondary N) is 1. The van der Waals surface area contributed by atoms with Crippen molar-refractivity contribution in [3.8, 4) is 0 Å². The fraction of sp³-hybridized carbons (Fsp3) is 0.222. The van der Waals surface area contributed by atoms with Crippen molar-refractivity contribution < 1.29 is 17.1 Å². The zero-order valence-electron chi connectivity index (χ0n) is 7.66. The van der Waals surface area contributed by atoms with Gasteiger partial charge in [-0.2, -0.15) is 8.42 Å². The van der Waals surface area contributed by atoms with Crippen molar-refractivity contribution in [1.82, 2.24) is 0 Å². The average molecular weight is 229 g/mol. The molecular formula is C9H8FNO3S. The first-order chi connectivity index (χ1) is 6.97. The van der Waals surface area contributed by atoms with E-state index in [0.29, 0.717) is 24.1 Å². The maximum atomic E-state index is 12.7.